The van der Waals surface area contributed by atoms with Crippen molar-refractivity contribution in [2.24, 2.45) is 0 Å². The topological polar surface area (TPSA) is 101 Å². The summed E-state index contributed by atoms with van der Waals surface area (Å²) in [4.78, 5) is 31.1. The van der Waals surface area contributed by atoms with Gasteiger partial charge in [0.1, 0.15) is 6.54 Å². The molecule has 5 aromatic rings. The lowest BCUT2D eigenvalue weighted by atomic mass is 10.1. The van der Waals surface area contributed by atoms with E-state index in [1.54, 1.807) is 36.4 Å². The molecule has 35 heavy (non-hydrogen) atoms. The van der Waals surface area contributed by atoms with E-state index >= 15 is 0 Å². The highest BCUT2D eigenvalue weighted by molar-refractivity contribution is 5.78. The number of aromatic nitrogens is 4. The molecule has 1 aliphatic heterocycles. The third-order valence-electron chi connectivity index (χ3n) is 5.99. The molecule has 9 heteroatoms. The van der Waals surface area contributed by atoms with E-state index in [4.69, 9.17) is 14.0 Å². The zero-order valence-electron chi connectivity index (χ0n) is 18.8. The Kier molecular flexibility index (Phi) is 4.95. The van der Waals surface area contributed by atoms with Crippen molar-refractivity contribution in [3.63, 3.8) is 0 Å². The number of hydrogen-bond acceptors (Lipinski definition) is 7. The maximum absolute atomic E-state index is 13.5. The number of hydrogen-bond donors (Lipinski definition) is 0. The molecule has 0 atom stereocenters. The van der Waals surface area contributed by atoms with Crippen LogP contribution in [0.25, 0.3) is 22.3 Å². The zero-order chi connectivity index (χ0) is 23.9. The molecule has 0 unspecified atom stereocenters. The lowest BCUT2D eigenvalue weighted by molar-refractivity contribution is 0.174. The van der Waals surface area contributed by atoms with Crippen LogP contribution in [0.4, 0.5) is 0 Å². The van der Waals surface area contributed by atoms with Crippen LogP contribution in [-0.4, -0.2) is 26.1 Å². The zero-order valence-corrected chi connectivity index (χ0v) is 18.8. The summed E-state index contributed by atoms with van der Waals surface area (Å²) in [6.45, 7) is 2.34. The Morgan fingerprint density at radius 2 is 1.69 bits per heavy atom. The summed E-state index contributed by atoms with van der Waals surface area (Å²) >= 11 is 0. The SMILES string of the molecule is Cc1ccc(Cn2c(=O)c3ccccc3n(Cc3nc(-c4ccc5c(c4)OCO5)no3)c2=O)cc1. The third kappa shape index (κ3) is 3.76. The second-order valence-electron chi connectivity index (χ2n) is 8.34. The fraction of sp³-hybridized carbons (Fsp3) is 0.154. The Labute approximate surface area is 198 Å². The highest BCUT2D eigenvalue weighted by Crippen LogP contribution is 2.35. The highest BCUT2D eigenvalue weighted by Gasteiger charge is 2.19. The first-order valence-electron chi connectivity index (χ1n) is 11.1. The Hall–Kier alpha value is -4.66. The molecule has 1 aliphatic rings. The van der Waals surface area contributed by atoms with Crippen LogP contribution in [-0.2, 0) is 13.1 Å². The Balaban J connectivity index is 1.40. The summed E-state index contributed by atoms with van der Waals surface area (Å²) in [6, 6.07) is 20.1. The Morgan fingerprint density at radius 1 is 0.886 bits per heavy atom. The van der Waals surface area contributed by atoms with Gasteiger partial charge in [0.15, 0.2) is 11.5 Å². The van der Waals surface area contributed by atoms with Gasteiger partial charge in [0.05, 0.1) is 17.4 Å². The van der Waals surface area contributed by atoms with E-state index in [-0.39, 0.29) is 31.3 Å². The molecule has 174 valence electrons. The van der Waals surface area contributed by atoms with Crippen LogP contribution >= 0.6 is 0 Å². The Morgan fingerprint density at radius 3 is 2.54 bits per heavy atom. The fourth-order valence-electron chi connectivity index (χ4n) is 4.15. The van der Waals surface area contributed by atoms with Crippen molar-refractivity contribution >= 4 is 10.9 Å². The average Bonchev–Trinajstić information content (AvgIpc) is 3.54. The highest BCUT2D eigenvalue weighted by atomic mass is 16.7. The molecule has 0 fully saturated rings. The molecule has 0 bridgehead atoms. The molecule has 0 spiro atoms. The van der Waals surface area contributed by atoms with Gasteiger partial charge in [-0.05, 0) is 42.8 Å². The summed E-state index contributed by atoms with van der Waals surface area (Å²) in [5.41, 5.74) is 2.38. The first kappa shape index (κ1) is 20.9. The predicted molar refractivity (Wildman–Crippen MR) is 128 cm³/mol. The van der Waals surface area contributed by atoms with Gasteiger partial charge in [-0.15, -0.1) is 0 Å². The molecular formula is C26H20N4O5. The normalized spacial score (nSPS) is 12.4. The smallest absolute Gasteiger partial charge is 0.332 e. The molecule has 0 amide bonds. The lowest BCUT2D eigenvalue weighted by Crippen LogP contribution is -2.40. The molecular weight excluding hydrogens is 448 g/mol. The maximum atomic E-state index is 13.5. The minimum atomic E-state index is -0.447. The van der Waals surface area contributed by atoms with Crippen LogP contribution in [0, 0.1) is 6.92 Å². The molecule has 6 rings (SSSR count). The summed E-state index contributed by atoms with van der Waals surface area (Å²) in [5.74, 6) is 1.87. The molecule has 0 aliphatic carbocycles. The van der Waals surface area contributed by atoms with Crippen LogP contribution in [0.3, 0.4) is 0 Å². The number of aryl methyl sites for hydroxylation is 1. The van der Waals surface area contributed by atoms with Gasteiger partial charge in [-0.1, -0.05) is 47.1 Å². The monoisotopic (exact) mass is 468 g/mol. The third-order valence-corrected chi connectivity index (χ3v) is 5.99. The molecule has 3 heterocycles. The number of benzene rings is 3. The van der Waals surface area contributed by atoms with Crippen molar-refractivity contribution in [2.75, 3.05) is 6.79 Å². The largest absolute Gasteiger partial charge is 0.454 e. The Bertz CT molecular complexity index is 1680. The molecule has 0 N–H and O–H groups in total. The van der Waals surface area contributed by atoms with Crippen LogP contribution < -0.4 is 20.7 Å². The molecule has 0 radical (unpaired) electrons. The second kappa shape index (κ2) is 8.28. The van der Waals surface area contributed by atoms with E-state index in [2.05, 4.69) is 10.1 Å². The first-order valence-corrected chi connectivity index (χ1v) is 11.1. The number of fused-ring (bicyclic) bond motifs is 2. The lowest BCUT2D eigenvalue weighted by Gasteiger charge is -2.13. The van der Waals surface area contributed by atoms with Gasteiger partial charge < -0.3 is 14.0 Å². The van der Waals surface area contributed by atoms with Crippen molar-refractivity contribution in [3.05, 3.63) is 105 Å². The van der Waals surface area contributed by atoms with Gasteiger partial charge in [0, 0.05) is 5.56 Å². The van der Waals surface area contributed by atoms with Gasteiger partial charge in [0.2, 0.25) is 18.5 Å². The number of rotatable bonds is 5. The van der Waals surface area contributed by atoms with Crippen LogP contribution in [0.5, 0.6) is 11.5 Å². The second-order valence-corrected chi connectivity index (χ2v) is 8.34. The van der Waals surface area contributed by atoms with E-state index in [9.17, 15) is 9.59 Å². The molecule has 9 nitrogen and oxygen atoms in total. The fourth-order valence-corrected chi connectivity index (χ4v) is 4.15. The van der Waals surface area contributed by atoms with E-state index in [1.807, 2.05) is 37.3 Å². The number of ether oxygens (including phenoxy) is 2. The van der Waals surface area contributed by atoms with E-state index < -0.39 is 5.69 Å². The predicted octanol–water partition coefficient (Wildman–Crippen LogP) is 3.35. The molecule has 3 aromatic carbocycles. The first-order chi connectivity index (χ1) is 17.1. The minimum absolute atomic E-state index is 0.0189. The summed E-state index contributed by atoms with van der Waals surface area (Å²) < 4.78 is 19.0. The van der Waals surface area contributed by atoms with E-state index in [0.29, 0.717) is 33.8 Å². The van der Waals surface area contributed by atoms with Gasteiger partial charge in [-0.2, -0.15) is 4.98 Å². The van der Waals surface area contributed by atoms with Crippen molar-refractivity contribution in [2.45, 2.75) is 20.0 Å². The standard InChI is InChI=1S/C26H20N4O5/c1-16-6-8-17(9-7-16)13-30-25(31)19-4-2-3-5-20(19)29(26(30)32)14-23-27-24(28-35-23)18-10-11-21-22(12-18)34-15-33-21/h2-12H,13-15H2,1H3. The maximum Gasteiger partial charge on any atom is 0.332 e. The summed E-state index contributed by atoms with van der Waals surface area (Å²) in [5, 5.41) is 4.51. The minimum Gasteiger partial charge on any atom is -0.454 e. The van der Waals surface area contributed by atoms with Crippen LogP contribution in [0.15, 0.2) is 80.8 Å². The summed E-state index contributed by atoms with van der Waals surface area (Å²) in [7, 11) is 0. The molecule has 0 saturated heterocycles. The van der Waals surface area contributed by atoms with Crippen molar-refractivity contribution in [1.29, 1.82) is 0 Å². The van der Waals surface area contributed by atoms with Crippen molar-refractivity contribution in [1.82, 2.24) is 19.3 Å². The number of para-hydroxylation sites is 1. The summed E-state index contributed by atoms with van der Waals surface area (Å²) in [6.07, 6.45) is 0. The number of nitrogens with zero attached hydrogens (tertiary/aromatic N) is 4. The average molecular weight is 468 g/mol. The van der Waals surface area contributed by atoms with Crippen LogP contribution in [0.2, 0.25) is 0 Å². The van der Waals surface area contributed by atoms with Crippen molar-refractivity contribution < 1.29 is 14.0 Å². The van der Waals surface area contributed by atoms with Crippen molar-refractivity contribution in [3.8, 4) is 22.9 Å². The van der Waals surface area contributed by atoms with Gasteiger partial charge >= 0.3 is 5.69 Å². The van der Waals surface area contributed by atoms with Gasteiger partial charge in [-0.3, -0.25) is 13.9 Å². The van der Waals surface area contributed by atoms with E-state index in [1.165, 1.54) is 9.13 Å². The molecule has 2 aromatic heterocycles. The van der Waals surface area contributed by atoms with Gasteiger partial charge in [-0.25, -0.2) is 4.79 Å². The quantitative estimate of drug-likeness (QED) is 0.390. The van der Waals surface area contributed by atoms with Crippen LogP contribution in [0.1, 0.15) is 17.0 Å². The molecule has 0 saturated carbocycles. The van der Waals surface area contributed by atoms with E-state index in [0.717, 1.165) is 11.1 Å². The van der Waals surface area contributed by atoms with Gasteiger partial charge in [0.25, 0.3) is 5.56 Å².